The van der Waals surface area contributed by atoms with Gasteiger partial charge >= 0.3 is 0 Å². The Morgan fingerprint density at radius 3 is 2.60 bits per heavy atom. The van der Waals surface area contributed by atoms with Crippen LogP contribution in [0.15, 0.2) is 39.9 Å². The Bertz CT molecular complexity index is 698. The lowest BCUT2D eigenvalue weighted by atomic mass is 10.2. The van der Waals surface area contributed by atoms with E-state index in [1.54, 1.807) is 24.6 Å². The van der Waals surface area contributed by atoms with Gasteiger partial charge in [-0.2, -0.15) is 4.31 Å². The fourth-order valence-electron chi connectivity index (χ4n) is 1.66. The van der Waals surface area contributed by atoms with E-state index in [-0.39, 0.29) is 6.54 Å². The highest BCUT2D eigenvalue weighted by atomic mass is 35.5. The lowest BCUT2D eigenvalue weighted by molar-refractivity contribution is 0.468. The molecule has 20 heavy (non-hydrogen) atoms. The summed E-state index contributed by atoms with van der Waals surface area (Å²) in [5.41, 5.74) is 1.58. The minimum atomic E-state index is -3.51. The number of alkyl halides is 1. The molecule has 0 unspecified atom stereocenters. The van der Waals surface area contributed by atoms with Crippen LogP contribution < -0.4 is 0 Å². The summed E-state index contributed by atoms with van der Waals surface area (Å²) in [4.78, 5) is 0. The van der Waals surface area contributed by atoms with Crippen molar-refractivity contribution in [1.82, 2.24) is 4.31 Å². The second-order valence-electron chi connectivity index (χ2n) is 4.26. The topological polar surface area (TPSA) is 37.4 Å². The van der Waals surface area contributed by atoms with Crippen molar-refractivity contribution in [3.63, 3.8) is 0 Å². The molecule has 0 N–H and O–H groups in total. The predicted molar refractivity (Wildman–Crippen MR) is 84.0 cm³/mol. The molecule has 7 heteroatoms. The lowest BCUT2D eigenvalue weighted by Crippen LogP contribution is -2.25. The van der Waals surface area contributed by atoms with Gasteiger partial charge in [-0.15, -0.1) is 22.9 Å². The average Bonchev–Trinajstić information content (AvgIpc) is 2.90. The van der Waals surface area contributed by atoms with Crippen LogP contribution >= 0.6 is 34.5 Å². The van der Waals surface area contributed by atoms with Crippen molar-refractivity contribution in [2.75, 3.05) is 7.05 Å². The minimum absolute atomic E-state index is 0.232. The third-order valence-electron chi connectivity index (χ3n) is 2.80. The zero-order chi connectivity index (χ0) is 14.8. The van der Waals surface area contributed by atoms with E-state index in [9.17, 15) is 8.42 Å². The molecule has 0 amide bonds. The number of nitrogens with zero attached hydrogens (tertiary/aromatic N) is 1. The summed E-state index contributed by atoms with van der Waals surface area (Å²) in [5, 5.41) is 2.31. The normalized spacial score (nSPS) is 12.0. The quantitative estimate of drug-likeness (QED) is 0.766. The molecule has 0 atom stereocenters. The van der Waals surface area contributed by atoms with Crippen molar-refractivity contribution in [3.8, 4) is 0 Å². The molecular weight excluding hydrogens is 337 g/mol. The largest absolute Gasteiger partial charge is 0.252 e. The fourth-order valence-corrected chi connectivity index (χ4v) is 4.67. The molecule has 1 heterocycles. The maximum atomic E-state index is 12.4. The fraction of sp³-hybridized carbons (Fsp3) is 0.231. The van der Waals surface area contributed by atoms with E-state index in [1.807, 2.05) is 18.2 Å². The third kappa shape index (κ3) is 3.35. The van der Waals surface area contributed by atoms with E-state index < -0.39 is 10.0 Å². The number of halogens is 2. The van der Waals surface area contributed by atoms with Crippen molar-refractivity contribution in [2.24, 2.45) is 0 Å². The highest BCUT2D eigenvalue weighted by Crippen LogP contribution is 2.26. The van der Waals surface area contributed by atoms with Crippen LogP contribution in [0.2, 0.25) is 5.02 Å². The van der Waals surface area contributed by atoms with Crippen LogP contribution in [-0.2, 0) is 22.4 Å². The Balaban J connectivity index is 2.23. The maximum absolute atomic E-state index is 12.4. The Morgan fingerprint density at radius 2 is 2.00 bits per heavy atom. The van der Waals surface area contributed by atoms with Gasteiger partial charge in [-0.25, -0.2) is 8.42 Å². The first-order valence-corrected chi connectivity index (χ1v) is 9.01. The SMILES string of the molecule is CN(Cc1ccccc1Cl)S(=O)(=O)c1cc(CCl)cs1. The molecule has 2 rings (SSSR count). The van der Waals surface area contributed by atoms with Gasteiger partial charge in [-0.05, 0) is 28.6 Å². The third-order valence-corrected chi connectivity index (χ3v) is 6.74. The molecule has 0 fully saturated rings. The Labute approximate surface area is 132 Å². The Hall–Kier alpha value is -0.590. The van der Waals surface area contributed by atoms with Crippen molar-refractivity contribution < 1.29 is 8.42 Å². The second-order valence-corrected chi connectivity index (χ2v) is 8.12. The van der Waals surface area contributed by atoms with Crippen molar-refractivity contribution in [3.05, 3.63) is 51.9 Å². The summed E-state index contributed by atoms with van der Waals surface area (Å²) in [7, 11) is -1.97. The lowest BCUT2D eigenvalue weighted by Gasteiger charge is -2.16. The molecule has 0 aliphatic carbocycles. The van der Waals surface area contributed by atoms with E-state index >= 15 is 0 Å². The first-order chi connectivity index (χ1) is 9.45. The first-order valence-electron chi connectivity index (χ1n) is 5.78. The highest BCUT2D eigenvalue weighted by molar-refractivity contribution is 7.91. The summed E-state index contributed by atoms with van der Waals surface area (Å²) < 4.78 is 26.4. The zero-order valence-electron chi connectivity index (χ0n) is 10.7. The van der Waals surface area contributed by atoms with Crippen molar-refractivity contribution >= 4 is 44.6 Å². The molecule has 108 valence electrons. The molecule has 2 aromatic rings. The number of hydrogen-bond donors (Lipinski definition) is 0. The molecule has 0 saturated heterocycles. The van der Waals surface area contributed by atoms with Crippen LogP contribution in [0.5, 0.6) is 0 Å². The van der Waals surface area contributed by atoms with Gasteiger partial charge in [0.2, 0.25) is 0 Å². The van der Waals surface area contributed by atoms with Crippen LogP contribution in [0.4, 0.5) is 0 Å². The number of hydrogen-bond acceptors (Lipinski definition) is 3. The molecule has 0 spiro atoms. The van der Waals surface area contributed by atoms with Crippen LogP contribution in [-0.4, -0.2) is 19.8 Å². The summed E-state index contributed by atoms with van der Waals surface area (Å²) in [6.45, 7) is 0.232. The molecular formula is C13H13Cl2NO2S2. The molecule has 1 aromatic heterocycles. The molecule has 0 aliphatic rings. The zero-order valence-corrected chi connectivity index (χ0v) is 13.9. The number of thiophene rings is 1. The molecule has 0 bridgehead atoms. The van der Waals surface area contributed by atoms with Crippen LogP contribution in [0, 0.1) is 0 Å². The van der Waals surface area contributed by atoms with Crippen molar-refractivity contribution in [1.29, 1.82) is 0 Å². The summed E-state index contributed by atoms with van der Waals surface area (Å²) in [6.07, 6.45) is 0. The summed E-state index contributed by atoms with van der Waals surface area (Å²) in [5.74, 6) is 0.306. The average molecular weight is 350 g/mol. The van der Waals surface area contributed by atoms with Gasteiger partial charge in [0, 0.05) is 24.5 Å². The Morgan fingerprint density at radius 1 is 1.30 bits per heavy atom. The van der Waals surface area contributed by atoms with E-state index in [0.29, 0.717) is 15.1 Å². The smallest absolute Gasteiger partial charge is 0.206 e. The van der Waals surface area contributed by atoms with Gasteiger partial charge in [-0.1, -0.05) is 29.8 Å². The van der Waals surface area contributed by atoms with Gasteiger partial charge in [0.25, 0.3) is 10.0 Å². The van der Waals surface area contributed by atoms with Gasteiger partial charge in [-0.3, -0.25) is 0 Å². The molecule has 0 aliphatic heterocycles. The van der Waals surface area contributed by atoms with E-state index in [0.717, 1.165) is 11.1 Å². The van der Waals surface area contributed by atoms with E-state index in [2.05, 4.69) is 0 Å². The predicted octanol–water partition coefficient (Wildman–Crippen LogP) is 3.96. The maximum Gasteiger partial charge on any atom is 0.252 e. The molecule has 0 saturated carbocycles. The first kappa shape index (κ1) is 15.8. The number of benzene rings is 1. The minimum Gasteiger partial charge on any atom is -0.206 e. The van der Waals surface area contributed by atoms with Crippen LogP contribution in [0.1, 0.15) is 11.1 Å². The summed E-state index contributed by atoms with van der Waals surface area (Å²) >= 11 is 12.9. The van der Waals surface area contributed by atoms with E-state index in [1.165, 1.54) is 15.6 Å². The molecule has 0 radical (unpaired) electrons. The molecule has 1 aromatic carbocycles. The van der Waals surface area contributed by atoms with Gasteiger partial charge < -0.3 is 0 Å². The van der Waals surface area contributed by atoms with Crippen LogP contribution in [0.3, 0.4) is 0 Å². The van der Waals surface area contributed by atoms with Crippen molar-refractivity contribution in [2.45, 2.75) is 16.6 Å². The summed E-state index contributed by atoms with van der Waals surface area (Å²) in [6, 6.07) is 8.81. The van der Waals surface area contributed by atoms with Crippen LogP contribution in [0.25, 0.3) is 0 Å². The highest BCUT2D eigenvalue weighted by Gasteiger charge is 2.23. The number of rotatable bonds is 5. The van der Waals surface area contributed by atoms with E-state index in [4.69, 9.17) is 23.2 Å². The Kier molecular flexibility index (Phi) is 5.09. The monoisotopic (exact) mass is 349 g/mol. The molecule has 3 nitrogen and oxygen atoms in total. The van der Waals surface area contributed by atoms with Gasteiger partial charge in [0.1, 0.15) is 4.21 Å². The number of sulfonamides is 1. The second kappa shape index (κ2) is 6.45. The standard InChI is InChI=1S/C13H13Cl2NO2S2/c1-16(8-11-4-2-3-5-12(11)15)20(17,18)13-6-10(7-14)9-19-13/h2-6,9H,7-8H2,1H3. The van der Waals surface area contributed by atoms with Gasteiger partial charge in [0.05, 0.1) is 0 Å². The van der Waals surface area contributed by atoms with Gasteiger partial charge in [0.15, 0.2) is 0 Å².